The van der Waals surface area contributed by atoms with Gasteiger partial charge < -0.3 is 9.84 Å². The van der Waals surface area contributed by atoms with Gasteiger partial charge >= 0.3 is 0 Å². The minimum absolute atomic E-state index is 0.655. The second kappa shape index (κ2) is 5.67. The van der Waals surface area contributed by atoms with Crippen LogP contribution in [0.3, 0.4) is 0 Å². The number of methoxy groups -OCH3 is 1. The molecule has 0 aliphatic heterocycles. The van der Waals surface area contributed by atoms with Crippen LogP contribution in [-0.2, 0) is 7.05 Å². The molecule has 0 aliphatic rings. The fraction of sp³-hybridized carbons (Fsp3) is 0.200. The molecule has 0 saturated heterocycles. The summed E-state index contributed by atoms with van der Waals surface area (Å²) in [6.45, 7) is 0. The number of hydrogen-bond acceptors (Lipinski definition) is 5. The Labute approximate surface area is 126 Å². The van der Waals surface area contributed by atoms with E-state index in [-0.39, 0.29) is 0 Å². The van der Waals surface area contributed by atoms with Crippen LogP contribution >= 0.6 is 11.3 Å². The Kier molecular flexibility index (Phi) is 3.72. The summed E-state index contributed by atoms with van der Waals surface area (Å²) in [6, 6.07) is 7.38. The first-order valence-corrected chi connectivity index (χ1v) is 7.32. The lowest BCUT2D eigenvalue weighted by Gasteiger charge is -2.09. The van der Waals surface area contributed by atoms with E-state index in [4.69, 9.17) is 4.74 Å². The van der Waals surface area contributed by atoms with E-state index in [2.05, 4.69) is 10.1 Å². The Morgan fingerprint density at radius 3 is 2.95 bits per heavy atom. The Bertz CT molecular complexity index is 751. The van der Waals surface area contributed by atoms with Crippen LogP contribution in [0.2, 0.25) is 0 Å². The number of ether oxygens (including phenoxy) is 1. The van der Waals surface area contributed by atoms with Crippen LogP contribution in [0, 0.1) is 0 Å². The minimum Gasteiger partial charge on any atom is -0.497 e. The van der Waals surface area contributed by atoms with E-state index >= 15 is 0 Å². The van der Waals surface area contributed by atoms with Gasteiger partial charge in [0.1, 0.15) is 16.9 Å². The van der Waals surface area contributed by atoms with E-state index in [9.17, 15) is 5.11 Å². The van der Waals surface area contributed by atoms with Crippen LogP contribution in [0.4, 0.5) is 0 Å². The van der Waals surface area contributed by atoms with Crippen molar-refractivity contribution in [2.24, 2.45) is 7.05 Å². The van der Waals surface area contributed by atoms with E-state index < -0.39 is 6.10 Å². The van der Waals surface area contributed by atoms with Crippen molar-refractivity contribution < 1.29 is 9.84 Å². The minimum atomic E-state index is -0.754. The molecule has 0 fully saturated rings. The topological polar surface area (TPSA) is 60.2 Å². The number of thiazole rings is 1. The molecule has 6 heteroatoms. The number of benzene rings is 1. The largest absolute Gasteiger partial charge is 0.497 e. The number of aliphatic hydroxyl groups excluding tert-OH is 1. The lowest BCUT2D eigenvalue weighted by atomic mass is 10.1. The fourth-order valence-corrected chi connectivity index (χ4v) is 2.89. The van der Waals surface area contributed by atoms with E-state index in [0.717, 1.165) is 22.6 Å². The molecule has 108 valence electrons. The monoisotopic (exact) mass is 301 g/mol. The maximum Gasteiger partial charge on any atom is 0.131 e. The molecule has 0 radical (unpaired) electrons. The zero-order valence-electron chi connectivity index (χ0n) is 11.7. The number of aryl methyl sites for hydroxylation is 1. The van der Waals surface area contributed by atoms with Gasteiger partial charge in [-0.25, -0.2) is 4.98 Å². The van der Waals surface area contributed by atoms with Gasteiger partial charge in [0.2, 0.25) is 0 Å². The van der Waals surface area contributed by atoms with Gasteiger partial charge in [-0.3, -0.25) is 4.68 Å². The molecule has 5 nitrogen and oxygen atoms in total. The zero-order valence-corrected chi connectivity index (χ0v) is 12.5. The summed E-state index contributed by atoms with van der Waals surface area (Å²) < 4.78 is 6.91. The van der Waals surface area contributed by atoms with E-state index in [1.807, 2.05) is 42.9 Å². The van der Waals surface area contributed by atoms with Crippen LogP contribution in [0.15, 0.2) is 42.0 Å². The average Bonchev–Trinajstić information content (AvgIpc) is 3.15. The van der Waals surface area contributed by atoms with Crippen LogP contribution in [0.25, 0.3) is 11.3 Å². The van der Waals surface area contributed by atoms with Crippen molar-refractivity contribution in [2.75, 3.05) is 7.11 Å². The van der Waals surface area contributed by atoms with Crippen molar-refractivity contribution in [2.45, 2.75) is 6.10 Å². The van der Waals surface area contributed by atoms with Gasteiger partial charge in [0, 0.05) is 24.2 Å². The fourth-order valence-electron chi connectivity index (χ4n) is 2.05. The molecule has 1 atom stereocenters. The Morgan fingerprint density at radius 1 is 1.38 bits per heavy atom. The van der Waals surface area contributed by atoms with E-state index in [1.54, 1.807) is 18.0 Å². The number of rotatable bonds is 4. The van der Waals surface area contributed by atoms with Crippen LogP contribution in [-0.4, -0.2) is 27.0 Å². The molecule has 3 aromatic rings. The first-order valence-electron chi connectivity index (χ1n) is 6.44. The normalized spacial score (nSPS) is 12.3. The Balaban J connectivity index is 1.88. The zero-order chi connectivity index (χ0) is 14.8. The molecule has 3 rings (SSSR count). The predicted molar refractivity (Wildman–Crippen MR) is 81.4 cm³/mol. The van der Waals surface area contributed by atoms with Crippen LogP contribution in [0.1, 0.15) is 16.7 Å². The van der Waals surface area contributed by atoms with Crippen molar-refractivity contribution in [3.63, 3.8) is 0 Å². The summed E-state index contributed by atoms with van der Waals surface area (Å²) in [5.74, 6) is 0.718. The number of hydrogen-bond donors (Lipinski definition) is 1. The second-order valence-electron chi connectivity index (χ2n) is 4.65. The van der Waals surface area contributed by atoms with Gasteiger partial charge in [-0.05, 0) is 17.7 Å². The molecule has 1 N–H and O–H groups in total. The van der Waals surface area contributed by atoms with E-state index in [1.165, 1.54) is 11.3 Å². The summed E-state index contributed by atoms with van der Waals surface area (Å²) >= 11 is 1.43. The quantitative estimate of drug-likeness (QED) is 0.805. The third-order valence-electron chi connectivity index (χ3n) is 3.17. The highest BCUT2D eigenvalue weighted by atomic mass is 32.1. The van der Waals surface area contributed by atoms with Gasteiger partial charge in [0.05, 0.1) is 19.0 Å². The van der Waals surface area contributed by atoms with Gasteiger partial charge in [-0.1, -0.05) is 12.1 Å². The molecule has 0 saturated carbocycles. The molecule has 1 aromatic carbocycles. The Hall–Kier alpha value is -2.18. The number of aromatic nitrogens is 3. The molecule has 1 unspecified atom stereocenters. The highest BCUT2D eigenvalue weighted by molar-refractivity contribution is 7.10. The van der Waals surface area contributed by atoms with Crippen molar-refractivity contribution in [3.05, 3.63) is 52.6 Å². The average molecular weight is 301 g/mol. The smallest absolute Gasteiger partial charge is 0.131 e. The van der Waals surface area contributed by atoms with Crippen molar-refractivity contribution in [3.8, 4) is 17.0 Å². The molecule has 0 bridgehead atoms. The second-order valence-corrected chi connectivity index (χ2v) is 5.54. The van der Waals surface area contributed by atoms with Gasteiger partial charge in [-0.15, -0.1) is 11.3 Å². The van der Waals surface area contributed by atoms with E-state index in [0.29, 0.717) is 5.01 Å². The lowest BCUT2D eigenvalue weighted by molar-refractivity contribution is 0.219. The highest BCUT2D eigenvalue weighted by Gasteiger charge is 2.16. The summed E-state index contributed by atoms with van der Waals surface area (Å²) in [7, 11) is 3.47. The molecule has 0 amide bonds. The van der Waals surface area contributed by atoms with Crippen molar-refractivity contribution in [1.29, 1.82) is 0 Å². The molecule has 0 aliphatic carbocycles. The molecular weight excluding hydrogens is 286 g/mol. The van der Waals surface area contributed by atoms with Crippen molar-refractivity contribution >= 4 is 11.3 Å². The molecular formula is C15H15N3O2S. The standard InChI is InChI=1S/C15H15N3O2S/c1-18-8-11(7-16-18)13-9-21-15(17-13)14(19)10-4-3-5-12(6-10)20-2/h3-9,14,19H,1-2H3. The first-order chi connectivity index (χ1) is 10.2. The third-order valence-corrected chi connectivity index (χ3v) is 4.06. The van der Waals surface area contributed by atoms with Gasteiger partial charge in [0.25, 0.3) is 0 Å². The summed E-state index contributed by atoms with van der Waals surface area (Å²) in [5.41, 5.74) is 2.53. The lowest BCUT2D eigenvalue weighted by Crippen LogP contribution is -1.99. The molecule has 0 spiro atoms. The summed E-state index contributed by atoms with van der Waals surface area (Å²) in [5, 5.41) is 17.2. The Morgan fingerprint density at radius 2 is 2.24 bits per heavy atom. The molecule has 2 aromatic heterocycles. The number of aliphatic hydroxyl groups is 1. The number of nitrogens with zero attached hydrogens (tertiary/aromatic N) is 3. The highest BCUT2D eigenvalue weighted by Crippen LogP contribution is 2.30. The summed E-state index contributed by atoms with van der Waals surface area (Å²) in [4.78, 5) is 4.50. The maximum atomic E-state index is 10.4. The maximum absolute atomic E-state index is 10.4. The van der Waals surface area contributed by atoms with Crippen molar-refractivity contribution in [1.82, 2.24) is 14.8 Å². The summed E-state index contributed by atoms with van der Waals surface area (Å²) in [6.07, 6.45) is 2.91. The SMILES string of the molecule is COc1cccc(C(O)c2nc(-c3cnn(C)c3)cs2)c1. The molecule has 2 heterocycles. The first kappa shape index (κ1) is 13.8. The molecule has 21 heavy (non-hydrogen) atoms. The van der Waals surface area contributed by atoms with Gasteiger partial charge in [0.15, 0.2) is 0 Å². The van der Waals surface area contributed by atoms with Gasteiger partial charge in [-0.2, -0.15) is 5.10 Å². The predicted octanol–water partition coefficient (Wildman–Crippen LogP) is 2.63. The third kappa shape index (κ3) is 2.81. The van der Waals surface area contributed by atoms with Crippen LogP contribution < -0.4 is 4.74 Å². The van der Waals surface area contributed by atoms with Crippen LogP contribution in [0.5, 0.6) is 5.75 Å².